The van der Waals surface area contributed by atoms with Crippen LogP contribution in [0, 0.1) is 11.3 Å². The van der Waals surface area contributed by atoms with Crippen molar-refractivity contribution in [3.05, 3.63) is 64.1 Å². The average molecular weight is 345 g/mol. The first-order valence-corrected chi connectivity index (χ1v) is 7.04. The van der Waals surface area contributed by atoms with Crippen LogP contribution in [0.1, 0.15) is 22.0 Å². The fourth-order valence-electron chi connectivity index (χ4n) is 1.94. The van der Waals surface area contributed by atoms with E-state index in [0.717, 1.165) is 0 Å². The molecule has 1 unspecified atom stereocenters. The number of ether oxygens (including phenoxy) is 1. The molecule has 2 aromatic rings. The van der Waals surface area contributed by atoms with E-state index in [9.17, 15) is 10.1 Å². The van der Waals surface area contributed by atoms with Gasteiger partial charge in [-0.1, -0.05) is 30.3 Å². The van der Waals surface area contributed by atoms with Crippen molar-refractivity contribution in [3.63, 3.8) is 0 Å². The number of rotatable bonds is 4. The summed E-state index contributed by atoms with van der Waals surface area (Å²) >= 11 is 3.32. The number of amides is 1. The number of carbonyl (C=O) groups is 1. The Hall–Kier alpha value is -2.32. The normalized spacial score (nSPS) is 11.3. The number of nitrogens with zero attached hydrogens (tertiary/aromatic N) is 1. The van der Waals surface area contributed by atoms with Crippen molar-refractivity contribution in [1.82, 2.24) is 5.32 Å². The van der Waals surface area contributed by atoms with E-state index in [2.05, 4.69) is 27.3 Å². The van der Waals surface area contributed by atoms with Crippen LogP contribution in [0.15, 0.2) is 53.0 Å². The second-order valence-electron chi connectivity index (χ2n) is 4.26. The van der Waals surface area contributed by atoms with Crippen molar-refractivity contribution in [3.8, 4) is 11.8 Å². The number of methoxy groups -OCH3 is 1. The Balaban J connectivity index is 2.26. The molecule has 2 aromatic carbocycles. The van der Waals surface area contributed by atoms with Crippen molar-refractivity contribution in [2.24, 2.45) is 0 Å². The van der Waals surface area contributed by atoms with Crippen molar-refractivity contribution >= 4 is 21.8 Å². The largest absolute Gasteiger partial charge is 0.496 e. The molecule has 2 rings (SSSR count). The van der Waals surface area contributed by atoms with E-state index in [1.54, 1.807) is 36.4 Å². The number of benzene rings is 2. The van der Waals surface area contributed by atoms with Gasteiger partial charge < -0.3 is 10.1 Å². The molecule has 0 spiro atoms. The van der Waals surface area contributed by atoms with Crippen molar-refractivity contribution in [2.75, 3.05) is 7.11 Å². The van der Waals surface area contributed by atoms with Crippen LogP contribution in [0.25, 0.3) is 0 Å². The van der Waals surface area contributed by atoms with E-state index >= 15 is 0 Å². The lowest BCUT2D eigenvalue weighted by molar-refractivity contribution is 0.0944. The van der Waals surface area contributed by atoms with Crippen LogP contribution in [0.2, 0.25) is 0 Å². The maximum absolute atomic E-state index is 12.3. The van der Waals surface area contributed by atoms with E-state index in [-0.39, 0.29) is 5.91 Å². The fraction of sp³-hybridized carbons (Fsp3) is 0.125. The van der Waals surface area contributed by atoms with E-state index in [4.69, 9.17) is 4.74 Å². The summed E-state index contributed by atoms with van der Waals surface area (Å²) in [5.74, 6) is 0.247. The maximum atomic E-state index is 12.3. The molecule has 1 atom stereocenters. The Kier molecular flexibility index (Phi) is 4.96. The van der Waals surface area contributed by atoms with E-state index in [0.29, 0.717) is 21.3 Å². The zero-order valence-electron chi connectivity index (χ0n) is 11.3. The number of para-hydroxylation sites is 1. The predicted molar refractivity (Wildman–Crippen MR) is 83.0 cm³/mol. The monoisotopic (exact) mass is 344 g/mol. The Morgan fingerprint density at radius 2 is 1.90 bits per heavy atom. The van der Waals surface area contributed by atoms with Crippen LogP contribution < -0.4 is 10.1 Å². The molecule has 1 amide bonds. The van der Waals surface area contributed by atoms with Crippen LogP contribution >= 0.6 is 15.9 Å². The van der Waals surface area contributed by atoms with Gasteiger partial charge in [0.15, 0.2) is 0 Å². The minimum Gasteiger partial charge on any atom is -0.496 e. The van der Waals surface area contributed by atoms with Crippen LogP contribution in [0.3, 0.4) is 0 Å². The third-order valence-electron chi connectivity index (χ3n) is 2.97. The number of nitrogens with one attached hydrogen (secondary N) is 1. The fourth-order valence-corrected chi connectivity index (χ4v) is 2.40. The lowest BCUT2D eigenvalue weighted by Crippen LogP contribution is -2.28. The molecular formula is C16H13BrN2O2. The highest BCUT2D eigenvalue weighted by Crippen LogP contribution is 2.25. The molecule has 106 valence electrons. The lowest BCUT2D eigenvalue weighted by atomic mass is 10.1. The molecule has 0 aromatic heterocycles. The van der Waals surface area contributed by atoms with Crippen molar-refractivity contribution in [2.45, 2.75) is 6.04 Å². The molecule has 0 aliphatic heterocycles. The number of halogens is 1. The van der Waals surface area contributed by atoms with Crippen LogP contribution in [-0.2, 0) is 0 Å². The van der Waals surface area contributed by atoms with Gasteiger partial charge in [-0.15, -0.1) is 0 Å². The highest BCUT2D eigenvalue weighted by molar-refractivity contribution is 9.10. The molecule has 0 aliphatic carbocycles. The summed E-state index contributed by atoms with van der Waals surface area (Å²) in [5, 5.41) is 12.0. The van der Waals surface area contributed by atoms with Gasteiger partial charge in [0.2, 0.25) is 0 Å². The second kappa shape index (κ2) is 6.91. The summed E-state index contributed by atoms with van der Waals surface area (Å²) in [5.41, 5.74) is 1.11. The van der Waals surface area contributed by atoms with E-state index in [1.807, 2.05) is 12.1 Å². The van der Waals surface area contributed by atoms with Gasteiger partial charge in [0.25, 0.3) is 5.91 Å². The summed E-state index contributed by atoms with van der Waals surface area (Å²) in [6, 6.07) is 15.5. The molecule has 5 heteroatoms. The Bertz CT molecular complexity index is 695. The molecule has 4 nitrogen and oxygen atoms in total. The summed E-state index contributed by atoms with van der Waals surface area (Å²) in [6.07, 6.45) is 0. The van der Waals surface area contributed by atoms with Gasteiger partial charge >= 0.3 is 0 Å². The van der Waals surface area contributed by atoms with Gasteiger partial charge in [0, 0.05) is 10.0 Å². The van der Waals surface area contributed by atoms with Gasteiger partial charge in [0.05, 0.1) is 18.7 Å². The SMILES string of the molecule is COc1ccccc1C(C#N)NC(=O)c1ccccc1Br. The highest BCUT2D eigenvalue weighted by atomic mass is 79.9. The van der Waals surface area contributed by atoms with E-state index in [1.165, 1.54) is 7.11 Å². The van der Waals surface area contributed by atoms with Gasteiger partial charge in [-0.25, -0.2) is 0 Å². The third kappa shape index (κ3) is 3.41. The quantitative estimate of drug-likeness (QED) is 0.923. The molecule has 0 aliphatic rings. The third-order valence-corrected chi connectivity index (χ3v) is 3.66. The number of hydrogen-bond donors (Lipinski definition) is 1. The lowest BCUT2D eigenvalue weighted by Gasteiger charge is -2.15. The first kappa shape index (κ1) is 15.1. The Labute approximate surface area is 131 Å². The van der Waals surface area contributed by atoms with Gasteiger partial charge in [-0.2, -0.15) is 5.26 Å². The first-order chi connectivity index (χ1) is 10.2. The molecule has 0 bridgehead atoms. The van der Waals surface area contributed by atoms with Gasteiger partial charge in [0.1, 0.15) is 11.8 Å². The van der Waals surface area contributed by atoms with Crippen LogP contribution in [0.4, 0.5) is 0 Å². The predicted octanol–water partition coefficient (Wildman–Crippen LogP) is 3.45. The molecule has 0 fully saturated rings. The maximum Gasteiger partial charge on any atom is 0.253 e. The highest BCUT2D eigenvalue weighted by Gasteiger charge is 2.19. The first-order valence-electron chi connectivity index (χ1n) is 6.25. The minimum atomic E-state index is -0.777. The van der Waals surface area contributed by atoms with Crippen molar-refractivity contribution < 1.29 is 9.53 Å². The molecule has 1 N–H and O–H groups in total. The van der Waals surface area contributed by atoms with Crippen LogP contribution in [0.5, 0.6) is 5.75 Å². The second-order valence-corrected chi connectivity index (χ2v) is 5.11. The zero-order valence-corrected chi connectivity index (χ0v) is 12.9. The topological polar surface area (TPSA) is 62.1 Å². The van der Waals surface area contributed by atoms with E-state index < -0.39 is 6.04 Å². The smallest absolute Gasteiger partial charge is 0.253 e. The summed E-state index contributed by atoms with van der Waals surface area (Å²) in [6.45, 7) is 0. The van der Waals surface area contributed by atoms with Gasteiger partial charge in [-0.05, 0) is 34.1 Å². The number of hydrogen-bond acceptors (Lipinski definition) is 3. The number of nitriles is 1. The molecule has 21 heavy (non-hydrogen) atoms. The van der Waals surface area contributed by atoms with Crippen molar-refractivity contribution in [1.29, 1.82) is 5.26 Å². The Morgan fingerprint density at radius 3 is 2.57 bits per heavy atom. The molecule has 0 heterocycles. The minimum absolute atomic E-state index is 0.320. The summed E-state index contributed by atoms with van der Waals surface area (Å²) in [7, 11) is 1.53. The zero-order chi connectivity index (χ0) is 15.2. The molecule has 0 saturated carbocycles. The average Bonchev–Trinajstić information content (AvgIpc) is 2.52. The Morgan fingerprint density at radius 1 is 1.24 bits per heavy atom. The molecule has 0 saturated heterocycles. The standard InChI is InChI=1S/C16H13BrN2O2/c1-21-15-9-5-3-7-12(15)14(10-18)19-16(20)11-6-2-4-8-13(11)17/h2-9,14H,1H3,(H,19,20). The molecular weight excluding hydrogens is 332 g/mol. The molecule has 0 radical (unpaired) electrons. The summed E-state index contributed by atoms with van der Waals surface area (Å²) in [4.78, 5) is 12.3. The van der Waals surface area contributed by atoms with Gasteiger partial charge in [-0.3, -0.25) is 4.79 Å². The summed E-state index contributed by atoms with van der Waals surface area (Å²) < 4.78 is 5.91. The van der Waals surface area contributed by atoms with Crippen LogP contribution in [-0.4, -0.2) is 13.0 Å². The number of carbonyl (C=O) groups excluding carboxylic acids is 1.